The third-order valence-electron chi connectivity index (χ3n) is 9.53. The van der Waals surface area contributed by atoms with Gasteiger partial charge in [0.25, 0.3) is 0 Å². The Hall–Kier alpha value is -0.830. The van der Waals surface area contributed by atoms with Crippen LogP contribution in [-0.2, 0) is 14.3 Å². The minimum absolute atomic E-state index is 0.0334. The van der Waals surface area contributed by atoms with Gasteiger partial charge in [-0.2, -0.15) is 0 Å². The first-order valence-electron chi connectivity index (χ1n) is 10.6. The normalized spacial score (nSPS) is 54.5. The monoisotopic (exact) mass is 374 g/mol. The van der Waals surface area contributed by atoms with Crippen molar-refractivity contribution in [2.75, 3.05) is 0 Å². The van der Waals surface area contributed by atoms with Gasteiger partial charge < -0.3 is 4.74 Å². The minimum atomic E-state index is -0.152. The third-order valence-corrected chi connectivity index (χ3v) is 9.98. The predicted octanol–water partition coefficient (Wildman–Crippen LogP) is 4.63. The SMILES string of the molecule is CC12CCC3C4CCC(=O)C(Cl)=C4CCC3C1C1CC1C21CCC(=O)O1. The van der Waals surface area contributed by atoms with E-state index in [0.29, 0.717) is 41.5 Å². The lowest BCUT2D eigenvalue weighted by molar-refractivity contribution is -0.174. The lowest BCUT2D eigenvalue weighted by Gasteiger charge is -2.57. The number of ether oxygens (including phenoxy) is 1. The molecule has 1 aliphatic heterocycles. The highest BCUT2D eigenvalue weighted by Crippen LogP contribution is 2.78. The maximum atomic E-state index is 12.1. The number of fused-ring (bicyclic) bond motifs is 9. The zero-order valence-electron chi connectivity index (χ0n) is 15.4. The molecule has 6 rings (SSSR count). The van der Waals surface area contributed by atoms with E-state index in [9.17, 15) is 9.59 Å². The van der Waals surface area contributed by atoms with Gasteiger partial charge in [-0.1, -0.05) is 18.5 Å². The van der Waals surface area contributed by atoms with Crippen LogP contribution < -0.4 is 0 Å². The first kappa shape index (κ1) is 16.2. The van der Waals surface area contributed by atoms with Gasteiger partial charge in [0.05, 0.1) is 5.03 Å². The van der Waals surface area contributed by atoms with Crippen LogP contribution in [0.15, 0.2) is 10.6 Å². The summed E-state index contributed by atoms with van der Waals surface area (Å²) in [5, 5.41) is 0.574. The van der Waals surface area contributed by atoms with Crippen LogP contribution in [0.2, 0.25) is 0 Å². The molecule has 0 aromatic rings. The highest BCUT2D eigenvalue weighted by Gasteiger charge is 2.78. The Morgan fingerprint density at radius 2 is 1.85 bits per heavy atom. The van der Waals surface area contributed by atoms with Gasteiger partial charge in [0.2, 0.25) is 0 Å². The average molecular weight is 375 g/mol. The van der Waals surface area contributed by atoms with Crippen LogP contribution in [0.3, 0.4) is 0 Å². The Kier molecular flexibility index (Phi) is 3.08. The van der Waals surface area contributed by atoms with Gasteiger partial charge in [-0.15, -0.1) is 0 Å². The zero-order valence-corrected chi connectivity index (χ0v) is 16.2. The molecule has 4 heteroatoms. The van der Waals surface area contributed by atoms with E-state index in [4.69, 9.17) is 16.3 Å². The molecule has 0 aromatic carbocycles. The summed E-state index contributed by atoms with van der Waals surface area (Å²) >= 11 is 6.43. The quantitative estimate of drug-likeness (QED) is 0.581. The highest BCUT2D eigenvalue weighted by molar-refractivity contribution is 6.43. The van der Waals surface area contributed by atoms with Crippen molar-refractivity contribution in [3.8, 4) is 0 Å². The Bertz CT molecular complexity index is 756. The Balaban J connectivity index is 1.38. The maximum absolute atomic E-state index is 12.1. The smallest absolute Gasteiger partial charge is 0.306 e. The second-order valence-corrected chi connectivity index (χ2v) is 10.5. The van der Waals surface area contributed by atoms with Crippen molar-refractivity contribution in [3.63, 3.8) is 0 Å². The molecule has 140 valence electrons. The van der Waals surface area contributed by atoms with Crippen molar-refractivity contribution in [1.82, 2.24) is 0 Å². The summed E-state index contributed by atoms with van der Waals surface area (Å²) in [7, 11) is 0. The molecule has 6 aliphatic rings. The van der Waals surface area contributed by atoms with Crippen molar-refractivity contribution in [2.24, 2.45) is 40.9 Å². The van der Waals surface area contributed by atoms with E-state index < -0.39 is 0 Å². The van der Waals surface area contributed by atoms with Gasteiger partial charge in [0.15, 0.2) is 5.78 Å². The molecule has 1 heterocycles. The lowest BCUT2D eigenvalue weighted by atomic mass is 9.49. The maximum Gasteiger partial charge on any atom is 0.306 e. The molecule has 5 aliphatic carbocycles. The summed E-state index contributed by atoms with van der Waals surface area (Å²) < 4.78 is 6.14. The summed E-state index contributed by atoms with van der Waals surface area (Å²) in [6.07, 6.45) is 9.04. The van der Waals surface area contributed by atoms with Crippen LogP contribution in [0.25, 0.3) is 0 Å². The van der Waals surface area contributed by atoms with E-state index in [2.05, 4.69) is 6.92 Å². The molecule has 0 radical (unpaired) electrons. The molecule has 0 aromatic heterocycles. The zero-order chi connectivity index (χ0) is 17.8. The molecule has 1 spiro atoms. The fourth-order valence-corrected chi connectivity index (χ4v) is 8.92. The molecule has 5 fully saturated rings. The Morgan fingerprint density at radius 3 is 2.62 bits per heavy atom. The van der Waals surface area contributed by atoms with E-state index in [1.807, 2.05) is 0 Å². The lowest BCUT2D eigenvalue weighted by Crippen LogP contribution is -2.55. The van der Waals surface area contributed by atoms with Crippen LogP contribution in [0.1, 0.15) is 64.7 Å². The van der Waals surface area contributed by atoms with Crippen LogP contribution in [0.4, 0.5) is 0 Å². The molecule has 26 heavy (non-hydrogen) atoms. The standard InChI is InChI=1S/C22H27ClO3/c1-21-8-6-12-11-4-5-17(24)20(23)14(11)3-2-13(12)19(21)15-10-16(15)22(21)9-7-18(25)26-22/h11-13,15-16,19H,2-10H2,1H3. The highest BCUT2D eigenvalue weighted by atomic mass is 35.5. The number of Topliss-reactive ketones (excluding diaryl/α,β-unsaturated/α-hetero) is 1. The fourth-order valence-electron chi connectivity index (χ4n) is 8.59. The number of allylic oxidation sites excluding steroid dienone is 1. The molecular formula is C22H27ClO3. The topological polar surface area (TPSA) is 43.4 Å². The summed E-state index contributed by atoms with van der Waals surface area (Å²) in [5.74, 6) is 4.24. The first-order chi connectivity index (χ1) is 12.5. The molecule has 0 bridgehead atoms. The van der Waals surface area contributed by atoms with Crippen LogP contribution in [0, 0.1) is 40.9 Å². The molecule has 8 unspecified atom stereocenters. The predicted molar refractivity (Wildman–Crippen MR) is 97.3 cm³/mol. The Labute approximate surface area is 159 Å². The number of rotatable bonds is 0. The number of ketones is 1. The van der Waals surface area contributed by atoms with Crippen molar-refractivity contribution >= 4 is 23.4 Å². The molecule has 0 N–H and O–H groups in total. The van der Waals surface area contributed by atoms with E-state index in [1.54, 1.807) is 0 Å². The first-order valence-corrected chi connectivity index (χ1v) is 11.0. The fraction of sp³-hybridized carbons (Fsp3) is 0.818. The number of halogens is 1. The van der Waals surface area contributed by atoms with Crippen molar-refractivity contribution in [1.29, 1.82) is 0 Å². The van der Waals surface area contributed by atoms with Crippen LogP contribution in [0.5, 0.6) is 0 Å². The van der Waals surface area contributed by atoms with E-state index >= 15 is 0 Å². The van der Waals surface area contributed by atoms with Crippen molar-refractivity contribution < 1.29 is 14.3 Å². The Morgan fingerprint density at radius 1 is 1.00 bits per heavy atom. The number of hydrogen-bond donors (Lipinski definition) is 0. The third kappa shape index (κ3) is 1.73. The van der Waals surface area contributed by atoms with Crippen molar-refractivity contribution in [3.05, 3.63) is 10.6 Å². The molecule has 4 saturated carbocycles. The summed E-state index contributed by atoms with van der Waals surface area (Å²) in [4.78, 5) is 24.1. The summed E-state index contributed by atoms with van der Waals surface area (Å²) in [6.45, 7) is 2.45. The van der Waals surface area contributed by atoms with Gasteiger partial charge in [-0.05, 0) is 80.1 Å². The number of carbonyl (C=O) groups excluding carboxylic acids is 2. The molecule has 3 nitrogen and oxygen atoms in total. The summed E-state index contributed by atoms with van der Waals surface area (Å²) in [6, 6.07) is 0. The largest absolute Gasteiger partial charge is 0.458 e. The minimum Gasteiger partial charge on any atom is -0.458 e. The summed E-state index contributed by atoms with van der Waals surface area (Å²) in [5.41, 5.74) is 1.30. The van der Waals surface area contributed by atoms with E-state index in [1.165, 1.54) is 31.3 Å². The van der Waals surface area contributed by atoms with Gasteiger partial charge >= 0.3 is 5.97 Å². The molecule has 8 atom stereocenters. The van der Waals surface area contributed by atoms with Gasteiger partial charge in [0.1, 0.15) is 5.60 Å². The second kappa shape index (κ2) is 4.96. The van der Waals surface area contributed by atoms with Gasteiger partial charge in [-0.3, -0.25) is 9.59 Å². The van der Waals surface area contributed by atoms with Crippen molar-refractivity contribution in [2.45, 2.75) is 70.3 Å². The molecular weight excluding hydrogens is 348 g/mol. The number of carbonyl (C=O) groups is 2. The van der Waals surface area contributed by atoms with Gasteiger partial charge in [-0.25, -0.2) is 0 Å². The van der Waals surface area contributed by atoms with E-state index in [0.717, 1.165) is 31.1 Å². The van der Waals surface area contributed by atoms with Gasteiger partial charge in [0, 0.05) is 24.2 Å². The van der Waals surface area contributed by atoms with Crippen LogP contribution in [-0.4, -0.2) is 17.4 Å². The second-order valence-electron chi connectivity index (χ2n) is 10.1. The molecule has 0 amide bonds. The van der Waals surface area contributed by atoms with Crippen LogP contribution >= 0.6 is 11.6 Å². The average Bonchev–Trinajstić information content (AvgIpc) is 3.26. The number of hydrogen-bond acceptors (Lipinski definition) is 3. The number of esters is 1. The van der Waals surface area contributed by atoms with E-state index in [-0.39, 0.29) is 22.8 Å². The molecule has 1 saturated heterocycles.